The van der Waals surface area contributed by atoms with Crippen molar-refractivity contribution in [2.24, 2.45) is 0 Å². The van der Waals surface area contributed by atoms with E-state index in [0.29, 0.717) is 6.42 Å². The van der Waals surface area contributed by atoms with Gasteiger partial charge in [-0.2, -0.15) is 0 Å². The van der Waals surface area contributed by atoms with Gasteiger partial charge in [0.1, 0.15) is 12.2 Å². The van der Waals surface area contributed by atoms with E-state index < -0.39 is 20.0 Å². The van der Waals surface area contributed by atoms with E-state index in [1.807, 2.05) is 0 Å². The molecule has 1 aliphatic rings. The van der Waals surface area contributed by atoms with Crippen LogP contribution in [0.4, 0.5) is 0 Å². The van der Waals surface area contributed by atoms with Crippen LogP contribution in [-0.4, -0.2) is 19.3 Å². The summed E-state index contributed by atoms with van der Waals surface area (Å²) in [5.41, 5.74) is 0. The van der Waals surface area contributed by atoms with Crippen molar-refractivity contribution in [1.29, 1.82) is 0 Å². The van der Waals surface area contributed by atoms with Crippen LogP contribution in [0.5, 0.6) is 0 Å². The van der Waals surface area contributed by atoms with E-state index in [0.717, 1.165) is 0 Å². The van der Waals surface area contributed by atoms with Crippen LogP contribution in [0.2, 0.25) is 0 Å². The number of terminal acetylenes is 2. The molecule has 0 N–H and O–H groups in total. The van der Waals surface area contributed by atoms with E-state index in [9.17, 15) is 4.57 Å². The lowest BCUT2D eigenvalue weighted by atomic mass is 10.2. The molecule has 1 fully saturated rings. The lowest BCUT2D eigenvalue weighted by Crippen LogP contribution is -2.26. The summed E-state index contributed by atoms with van der Waals surface area (Å²) in [5, 5.41) is 0. The maximum atomic E-state index is 11.5. The molecule has 0 radical (unpaired) electrons. The summed E-state index contributed by atoms with van der Waals surface area (Å²) < 4.78 is 25.8. The lowest BCUT2D eigenvalue weighted by Gasteiger charge is -2.28. The second-order valence-corrected chi connectivity index (χ2v) is 4.07. The first kappa shape index (κ1) is 10.3. The van der Waals surface area contributed by atoms with E-state index in [1.165, 1.54) is 7.11 Å². The van der Waals surface area contributed by atoms with Crippen molar-refractivity contribution < 1.29 is 18.1 Å². The molecular weight excluding hydrogens is 191 g/mol. The van der Waals surface area contributed by atoms with Crippen LogP contribution < -0.4 is 0 Å². The van der Waals surface area contributed by atoms with Gasteiger partial charge in [0.05, 0.1) is 0 Å². The zero-order chi connectivity index (χ0) is 9.90. The third kappa shape index (κ3) is 2.34. The first-order valence-corrected chi connectivity index (χ1v) is 5.04. The van der Waals surface area contributed by atoms with Gasteiger partial charge in [-0.25, -0.2) is 4.57 Å². The molecule has 0 saturated carbocycles. The molecule has 0 aliphatic carbocycles. The van der Waals surface area contributed by atoms with E-state index in [2.05, 4.69) is 16.4 Å². The Balaban J connectivity index is 2.79. The predicted molar refractivity (Wildman–Crippen MR) is 46.6 cm³/mol. The van der Waals surface area contributed by atoms with Crippen molar-refractivity contribution in [1.82, 2.24) is 0 Å². The Morgan fingerprint density at radius 1 is 1.38 bits per heavy atom. The highest BCUT2D eigenvalue weighted by atomic mass is 31.2. The minimum Gasteiger partial charge on any atom is -0.290 e. The minimum atomic E-state index is -3.52. The largest absolute Gasteiger partial charge is 0.476 e. The second kappa shape index (κ2) is 3.96. The van der Waals surface area contributed by atoms with Gasteiger partial charge < -0.3 is 0 Å². The first-order valence-electron chi connectivity index (χ1n) is 3.58. The molecule has 4 nitrogen and oxygen atoms in total. The highest BCUT2D eigenvalue weighted by molar-refractivity contribution is 7.48. The average Bonchev–Trinajstić information content (AvgIpc) is 2.17. The molecule has 70 valence electrons. The molecule has 1 heterocycles. The fourth-order valence-corrected chi connectivity index (χ4v) is 2.04. The average molecular weight is 200 g/mol. The molecule has 0 aromatic heterocycles. The number of hydrogen-bond donors (Lipinski definition) is 0. The SMILES string of the molecule is C#CC1CC(C#C)OP(=O)(OC)O1. The van der Waals surface area contributed by atoms with Crippen molar-refractivity contribution >= 4 is 7.82 Å². The zero-order valence-corrected chi connectivity index (χ0v) is 7.99. The van der Waals surface area contributed by atoms with Gasteiger partial charge in [-0.3, -0.25) is 13.6 Å². The van der Waals surface area contributed by atoms with Crippen LogP contribution in [0.3, 0.4) is 0 Å². The predicted octanol–water partition coefficient (Wildman–Crippen LogP) is 1.18. The van der Waals surface area contributed by atoms with E-state index in [4.69, 9.17) is 21.9 Å². The Bertz CT molecular complexity index is 285. The topological polar surface area (TPSA) is 44.8 Å². The molecule has 0 aromatic carbocycles. The molecule has 5 heteroatoms. The fourth-order valence-electron chi connectivity index (χ4n) is 0.900. The summed E-state index contributed by atoms with van der Waals surface area (Å²) in [6.07, 6.45) is 9.35. The van der Waals surface area contributed by atoms with Gasteiger partial charge in [0.2, 0.25) is 0 Å². The van der Waals surface area contributed by atoms with Gasteiger partial charge in [0, 0.05) is 13.5 Å². The Kier molecular flexibility index (Phi) is 3.14. The molecule has 0 spiro atoms. The summed E-state index contributed by atoms with van der Waals surface area (Å²) >= 11 is 0. The van der Waals surface area contributed by atoms with Crippen LogP contribution in [0.25, 0.3) is 0 Å². The van der Waals surface area contributed by atoms with Gasteiger partial charge in [-0.05, 0) is 0 Å². The normalized spacial score (nSPS) is 39.0. The third-order valence-corrected chi connectivity index (χ3v) is 3.01. The molecule has 1 aliphatic heterocycles. The van der Waals surface area contributed by atoms with Crippen LogP contribution >= 0.6 is 7.82 Å². The van der Waals surface area contributed by atoms with Gasteiger partial charge in [0.15, 0.2) is 0 Å². The Labute approximate surface area is 77.2 Å². The van der Waals surface area contributed by atoms with Crippen molar-refractivity contribution in [3.05, 3.63) is 0 Å². The molecular formula is C8H9O4P. The minimum absolute atomic E-state index is 0.334. The zero-order valence-electron chi connectivity index (χ0n) is 7.10. The number of rotatable bonds is 1. The Morgan fingerprint density at radius 2 is 1.85 bits per heavy atom. The maximum Gasteiger partial charge on any atom is 0.476 e. The van der Waals surface area contributed by atoms with Crippen LogP contribution in [-0.2, 0) is 18.1 Å². The highest BCUT2D eigenvalue weighted by Crippen LogP contribution is 2.54. The van der Waals surface area contributed by atoms with Gasteiger partial charge >= 0.3 is 7.82 Å². The smallest absolute Gasteiger partial charge is 0.290 e. The first-order chi connectivity index (χ1) is 6.13. The molecule has 2 atom stereocenters. The molecule has 1 saturated heterocycles. The van der Waals surface area contributed by atoms with Crippen LogP contribution in [0.1, 0.15) is 6.42 Å². The second-order valence-electron chi connectivity index (χ2n) is 2.39. The highest BCUT2D eigenvalue weighted by Gasteiger charge is 2.38. The fraction of sp³-hybridized carbons (Fsp3) is 0.500. The lowest BCUT2D eigenvalue weighted by molar-refractivity contribution is 0.0382. The van der Waals surface area contributed by atoms with E-state index >= 15 is 0 Å². The van der Waals surface area contributed by atoms with Crippen molar-refractivity contribution in [2.75, 3.05) is 7.11 Å². The Hall–Kier alpha value is -0.770. The summed E-state index contributed by atoms with van der Waals surface area (Å²) in [5.74, 6) is 4.62. The van der Waals surface area contributed by atoms with Gasteiger partial charge in [-0.15, -0.1) is 12.8 Å². The molecule has 0 aromatic rings. The summed E-state index contributed by atoms with van der Waals surface area (Å²) in [7, 11) is -2.31. The summed E-state index contributed by atoms with van der Waals surface area (Å²) in [4.78, 5) is 0. The number of phosphoric acid groups is 1. The van der Waals surface area contributed by atoms with E-state index in [1.54, 1.807) is 0 Å². The molecule has 0 bridgehead atoms. The third-order valence-electron chi connectivity index (χ3n) is 1.54. The van der Waals surface area contributed by atoms with Crippen molar-refractivity contribution in [3.63, 3.8) is 0 Å². The molecule has 13 heavy (non-hydrogen) atoms. The number of hydrogen-bond acceptors (Lipinski definition) is 4. The monoisotopic (exact) mass is 200 g/mol. The maximum absolute atomic E-state index is 11.5. The van der Waals surface area contributed by atoms with Crippen LogP contribution in [0, 0.1) is 24.7 Å². The Morgan fingerprint density at radius 3 is 2.15 bits per heavy atom. The van der Waals surface area contributed by atoms with Crippen LogP contribution in [0.15, 0.2) is 0 Å². The van der Waals surface area contributed by atoms with E-state index in [-0.39, 0.29) is 0 Å². The van der Waals surface area contributed by atoms with Gasteiger partial charge in [-0.1, -0.05) is 11.8 Å². The quantitative estimate of drug-likeness (QED) is 0.471. The molecule has 2 unspecified atom stereocenters. The number of phosphoric ester groups is 1. The molecule has 1 rings (SSSR count). The molecule has 0 amide bonds. The summed E-state index contributed by atoms with van der Waals surface area (Å²) in [6.45, 7) is 0. The summed E-state index contributed by atoms with van der Waals surface area (Å²) in [6, 6.07) is 0. The van der Waals surface area contributed by atoms with Crippen molar-refractivity contribution in [3.8, 4) is 24.7 Å². The van der Waals surface area contributed by atoms with Crippen molar-refractivity contribution in [2.45, 2.75) is 18.6 Å². The standard InChI is InChI=1S/C8H9O4P/c1-4-7-6-8(5-2)12-13(9,10-3)11-7/h1-2,7-8H,6H2,3H3. The van der Waals surface area contributed by atoms with Gasteiger partial charge in [0.25, 0.3) is 0 Å².